The van der Waals surface area contributed by atoms with E-state index < -0.39 is 0 Å². The number of aromatic nitrogens is 2. The largest absolute Gasteiger partial charge is 0.494 e. The maximum atomic E-state index is 13.4. The maximum Gasteiger partial charge on any atom is 0.282 e. The van der Waals surface area contributed by atoms with E-state index >= 15 is 0 Å². The number of ether oxygens (including phenoxy) is 2. The van der Waals surface area contributed by atoms with Crippen molar-refractivity contribution in [2.45, 2.75) is 70.9 Å². The van der Waals surface area contributed by atoms with E-state index in [0.717, 1.165) is 38.7 Å². The van der Waals surface area contributed by atoms with Crippen molar-refractivity contribution in [1.29, 1.82) is 0 Å². The number of rotatable bonds is 11. The molecule has 0 saturated heterocycles. The summed E-state index contributed by atoms with van der Waals surface area (Å²) >= 11 is 3.01. The van der Waals surface area contributed by atoms with Crippen LogP contribution in [0, 0.1) is 5.92 Å². The molecule has 9 heteroatoms. The Kier molecular flexibility index (Phi) is 9.16. The van der Waals surface area contributed by atoms with Gasteiger partial charge in [0.15, 0.2) is 5.16 Å². The minimum absolute atomic E-state index is 0.0369. The highest BCUT2D eigenvalue weighted by Crippen LogP contribution is 2.39. The van der Waals surface area contributed by atoms with Crippen molar-refractivity contribution in [1.82, 2.24) is 14.9 Å². The Morgan fingerprint density at radius 2 is 1.93 bits per heavy atom. The van der Waals surface area contributed by atoms with Crippen molar-refractivity contribution >= 4 is 39.2 Å². The summed E-state index contributed by atoms with van der Waals surface area (Å²) in [4.78, 5) is 32.5. The standard InChI is InChI=1S/C32H37N3O4S2/c1-21(2)14-16-38-24-12-10-23(11-13-24)35-30-28(25-18-32(3,4)39-20-26(25)41-30)29(37)34-31(35)40-17-15-27(36)33-19-22-8-6-5-7-9-22/h5-13,21H,14-20H2,1-4H3,(H,33,36). The lowest BCUT2D eigenvalue weighted by molar-refractivity contribution is -0.120. The third kappa shape index (κ3) is 7.20. The lowest BCUT2D eigenvalue weighted by Crippen LogP contribution is -2.31. The van der Waals surface area contributed by atoms with E-state index in [9.17, 15) is 9.59 Å². The van der Waals surface area contributed by atoms with Crippen LogP contribution in [-0.2, 0) is 29.1 Å². The molecular formula is C32H37N3O4S2. The normalized spacial score (nSPS) is 14.3. The van der Waals surface area contributed by atoms with Crippen LogP contribution in [0.4, 0.5) is 0 Å². The SMILES string of the molecule is CC(C)CCOc1ccc(-n2c(SCCC(=O)NCc3ccccc3)nc(=O)c3c4c(sc32)COC(C)(C)C4)cc1. The van der Waals surface area contributed by atoms with Crippen LogP contribution < -0.4 is 15.6 Å². The number of benzene rings is 2. The molecule has 1 aliphatic rings. The number of thioether (sulfide) groups is 1. The topological polar surface area (TPSA) is 82.5 Å². The van der Waals surface area contributed by atoms with Crippen LogP contribution in [0.3, 0.4) is 0 Å². The third-order valence-corrected chi connectivity index (χ3v) is 9.16. The van der Waals surface area contributed by atoms with Crippen LogP contribution in [0.25, 0.3) is 15.9 Å². The van der Waals surface area contributed by atoms with Gasteiger partial charge in [0.1, 0.15) is 10.6 Å². The zero-order chi connectivity index (χ0) is 29.0. The smallest absolute Gasteiger partial charge is 0.282 e. The number of carbonyl (C=O) groups excluding carboxylic acids is 1. The van der Waals surface area contributed by atoms with Gasteiger partial charge in [-0.3, -0.25) is 14.2 Å². The number of fused-ring (bicyclic) bond motifs is 3. The van der Waals surface area contributed by atoms with Gasteiger partial charge >= 0.3 is 0 Å². The van der Waals surface area contributed by atoms with Crippen LogP contribution in [0.5, 0.6) is 5.75 Å². The second kappa shape index (κ2) is 12.8. The van der Waals surface area contributed by atoms with Gasteiger partial charge in [-0.15, -0.1) is 11.3 Å². The van der Waals surface area contributed by atoms with Crippen molar-refractivity contribution in [3.05, 3.63) is 81.0 Å². The minimum atomic E-state index is -0.340. The summed E-state index contributed by atoms with van der Waals surface area (Å²) in [5.41, 5.74) is 2.43. The first-order chi connectivity index (χ1) is 19.7. The zero-order valence-corrected chi connectivity index (χ0v) is 25.7. The summed E-state index contributed by atoms with van der Waals surface area (Å²) in [5.74, 6) is 1.85. The highest BCUT2D eigenvalue weighted by Gasteiger charge is 2.31. The molecule has 41 heavy (non-hydrogen) atoms. The molecule has 2 aromatic heterocycles. The second-order valence-corrected chi connectivity index (χ2v) is 13.5. The summed E-state index contributed by atoms with van der Waals surface area (Å²) in [5, 5.41) is 4.22. The Labute approximate surface area is 249 Å². The number of nitrogens with one attached hydrogen (secondary N) is 1. The zero-order valence-electron chi connectivity index (χ0n) is 24.1. The van der Waals surface area contributed by atoms with Gasteiger partial charge in [-0.2, -0.15) is 4.98 Å². The van der Waals surface area contributed by atoms with Gasteiger partial charge in [0.05, 0.1) is 24.2 Å². The summed E-state index contributed by atoms with van der Waals surface area (Å²) in [7, 11) is 0. The molecule has 1 aliphatic heterocycles. The molecule has 0 radical (unpaired) electrons. The van der Waals surface area contributed by atoms with Gasteiger partial charge in [0, 0.05) is 35.7 Å². The molecule has 0 bridgehead atoms. The molecule has 216 valence electrons. The number of amides is 1. The predicted octanol–water partition coefficient (Wildman–Crippen LogP) is 6.52. The molecule has 5 rings (SSSR count). The molecule has 0 saturated carbocycles. The molecule has 0 fully saturated rings. The van der Waals surface area contributed by atoms with E-state index in [1.54, 1.807) is 11.3 Å². The molecule has 4 aromatic rings. The van der Waals surface area contributed by atoms with Crippen molar-refractivity contribution in [3.8, 4) is 11.4 Å². The molecule has 3 heterocycles. The highest BCUT2D eigenvalue weighted by atomic mass is 32.2. The Morgan fingerprint density at radius 1 is 1.17 bits per heavy atom. The fourth-order valence-electron chi connectivity index (χ4n) is 4.75. The number of hydrogen-bond donors (Lipinski definition) is 1. The third-order valence-electron chi connectivity index (χ3n) is 7.03. The fraction of sp³-hybridized carbons (Fsp3) is 0.406. The average molecular weight is 592 g/mol. The molecule has 7 nitrogen and oxygen atoms in total. The Bertz CT molecular complexity index is 1560. The number of nitrogens with zero attached hydrogens (tertiary/aromatic N) is 2. The van der Waals surface area contributed by atoms with Gasteiger partial charge in [-0.25, -0.2) is 0 Å². The molecule has 0 spiro atoms. The highest BCUT2D eigenvalue weighted by molar-refractivity contribution is 7.99. The Hall–Kier alpha value is -3.14. The van der Waals surface area contributed by atoms with E-state index in [2.05, 4.69) is 42.6 Å². The van der Waals surface area contributed by atoms with Gasteiger partial charge in [-0.05, 0) is 61.6 Å². The first-order valence-corrected chi connectivity index (χ1v) is 15.9. The Balaban J connectivity index is 1.41. The molecule has 0 atom stereocenters. The number of carbonyl (C=O) groups is 1. The van der Waals surface area contributed by atoms with Crippen LogP contribution in [0.1, 0.15) is 56.5 Å². The maximum absolute atomic E-state index is 13.4. The first kappa shape index (κ1) is 29.4. The summed E-state index contributed by atoms with van der Waals surface area (Å²) < 4.78 is 14.1. The fourth-order valence-corrected chi connectivity index (χ4v) is 6.99. The van der Waals surface area contributed by atoms with Gasteiger partial charge in [-0.1, -0.05) is 55.9 Å². The predicted molar refractivity (Wildman–Crippen MR) is 166 cm³/mol. The minimum Gasteiger partial charge on any atom is -0.494 e. The molecular weight excluding hydrogens is 555 g/mol. The van der Waals surface area contributed by atoms with Gasteiger partial charge < -0.3 is 14.8 Å². The van der Waals surface area contributed by atoms with E-state index in [1.165, 1.54) is 11.8 Å². The van der Waals surface area contributed by atoms with Crippen molar-refractivity contribution in [2.75, 3.05) is 12.4 Å². The van der Waals surface area contributed by atoms with Crippen molar-refractivity contribution in [2.24, 2.45) is 5.92 Å². The van der Waals surface area contributed by atoms with Crippen LogP contribution in [0.2, 0.25) is 0 Å². The quantitative estimate of drug-likeness (QED) is 0.158. The first-order valence-electron chi connectivity index (χ1n) is 14.1. The number of hydrogen-bond acceptors (Lipinski definition) is 7. The number of thiophene rings is 1. The van der Waals surface area contributed by atoms with E-state index in [1.807, 2.05) is 54.6 Å². The molecule has 1 amide bonds. The average Bonchev–Trinajstić information content (AvgIpc) is 3.31. The molecule has 1 N–H and O–H groups in total. The molecule has 0 aliphatic carbocycles. The van der Waals surface area contributed by atoms with Gasteiger partial charge in [0.25, 0.3) is 5.56 Å². The van der Waals surface area contributed by atoms with Crippen LogP contribution in [-0.4, -0.2) is 33.4 Å². The lowest BCUT2D eigenvalue weighted by atomic mass is 9.94. The molecule has 0 unspecified atom stereocenters. The van der Waals surface area contributed by atoms with E-state index in [-0.39, 0.29) is 17.1 Å². The monoisotopic (exact) mass is 591 g/mol. The van der Waals surface area contributed by atoms with E-state index in [4.69, 9.17) is 9.47 Å². The lowest BCUT2D eigenvalue weighted by Gasteiger charge is -2.29. The summed E-state index contributed by atoms with van der Waals surface area (Å²) in [6.07, 6.45) is 1.97. The van der Waals surface area contributed by atoms with Crippen molar-refractivity contribution in [3.63, 3.8) is 0 Å². The van der Waals surface area contributed by atoms with Crippen LogP contribution >= 0.6 is 23.1 Å². The summed E-state index contributed by atoms with van der Waals surface area (Å²) in [6, 6.07) is 17.8. The van der Waals surface area contributed by atoms with Crippen molar-refractivity contribution < 1.29 is 14.3 Å². The van der Waals surface area contributed by atoms with Gasteiger partial charge in [0.2, 0.25) is 5.91 Å². The molecule has 2 aromatic carbocycles. The summed E-state index contributed by atoms with van der Waals surface area (Å²) in [6.45, 7) is 10.1. The second-order valence-electron chi connectivity index (χ2n) is 11.3. The van der Waals surface area contributed by atoms with E-state index in [0.29, 0.717) is 54.8 Å². The van der Waals surface area contributed by atoms with Crippen LogP contribution in [0.15, 0.2) is 64.5 Å². The Morgan fingerprint density at radius 3 is 2.66 bits per heavy atom.